The van der Waals surface area contributed by atoms with Crippen LogP contribution in [0, 0.1) is 6.92 Å². The van der Waals surface area contributed by atoms with Gasteiger partial charge in [0, 0.05) is 14.1 Å². The van der Waals surface area contributed by atoms with E-state index in [0.29, 0.717) is 32.0 Å². The largest absolute Gasteiger partial charge is 0.465 e. The maximum atomic E-state index is 12.5. The third kappa shape index (κ3) is 5.83. The summed E-state index contributed by atoms with van der Waals surface area (Å²) in [6.07, 6.45) is 1.10. The molecule has 0 saturated carbocycles. The highest BCUT2D eigenvalue weighted by atomic mass is 32.1. The number of thiocarbonyl (C=S) groups is 1. The van der Waals surface area contributed by atoms with E-state index in [9.17, 15) is 9.59 Å². The van der Waals surface area contributed by atoms with Gasteiger partial charge in [0.15, 0.2) is 5.11 Å². The fourth-order valence-electron chi connectivity index (χ4n) is 3.12. The second-order valence-corrected chi connectivity index (χ2v) is 9.18. The monoisotopic (exact) mass is 461 g/mol. The number of hydrogen-bond acceptors (Lipinski definition) is 5. The van der Waals surface area contributed by atoms with E-state index in [1.54, 1.807) is 21.0 Å². The lowest BCUT2D eigenvalue weighted by Crippen LogP contribution is -2.31. The molecule has 2 rings (SSSR count). The van der Waals surface area contributed by atoms with Gasteiger partial charge in [0.2, 0.25) is 0 Å². The number of esters is 1. The molecule has 0 spiro atoms. The fourth-order valence-corrected chi connectivity index (χ4v) is 4.69. The molecule has 0 bridgehead atoms. The van der Waals surface area contributed by atoms with Crippen LogP contribution in [0.1, 0.15) is 75.9 Å². The van der Waals surface area contributed by atoms with Crippen LogP contribution in [0.15, 0.2) is 24.3 Å². The molecule has 2 N–H and O–H groups in total. The number of methoxy groups -OCH3 is 1. The molecule has 31 heavy (non-hydrogen) atoms. The first-order valence-electron chi connectivity index (χ1n) is 10.2. The van der Waals surface area contributed by atoms with Crippen molar-refractivity contribution in [3.05, 3.63) is 51.4 Å². The summed E-state index contributed by atoms with van der Waals surface area (Å²) in [6, 6.07) is 8.47. The number of amides is 1. The van der Waals surface area contributed by atoms with Gasteiger partial charge in [-0.3, -0.25) is 4.79 Å². The van der Waals surface area contributed by atoms with E-state index in [-0.39, 0.29) is 11.9 Å². The predicted octanol–water partition coefficient (Wildman–Crippen LogP) is 5.11. The van der Waals surface area contributed by atoms with Crippen LogP contribution in [-0.2, 0) is 4.74 Å². The predicted molar refractivity (Wildman–Crippen MR) is 131 cm³/mol. The van der Waals surface area contributed by atoms with E-state index in [1.165, 1.54) is 28.9 Å². The first-order valence-corrected chi connectivity index (χ1v) is 11.4. The van der Waals surface area contributed by atoms with Gasteiger partial charge < -0.3 is 20.3 Å². The summed E-state index contributed by atoms with van der Waals surface area (Å²) in [5.41, 5.74) is 3.33. The van der Waals surface area contributed by atoms with Gasteiger partial charge in [0.1, 0.15) is 5.00 Å². The average molecular weight is 462 g/mol. The van der Waals surface area contributed by atoms with Crippen LogP contribution < -0.4 is 10.6 Å². The normalized spacial score (nSPS) is 12.6. The molecular formula is C23H31N3O3S2. The second kappa shape index (κ2) is 10.7. The molecule has 0 aliphatic rings. The summed E-state index contributed by atoms with van der Waals surface area (Å²) in [7, 11) is 4.66. The lowest BCUT2D eigenvalue weighted by molar-refractivity contribution is 0.0601. The Bertz CT molecular complexity index is 952. The number of anilines is 1. The Balaban J connectivity index is 2.19. The summed E-state index contributed by atoms with van der Waals surface area (Å²) >= 11 is 6.68. The third-order valence-corrected chi connectivity index (χ3v) is 6.74. The quantitative estimate of drug-likeness (QED) is 0.441. The zero-order valence-electron chi connectivity index (χ0n) is 19.2. The Morgan fingerprint density at radius 1 is 1.16 bits per heavy atom. The lowest BCUT2D eigenvalue weighted by Gasteiger charge is -2.18. The summed E-state index contributed by atoms with van der Waals surface area (Å²) < 4.78 is 4.92. The van der Waals surface area contributed by atoms with E-state index < -0.39 is 5.97 Å². The van der Waals surface area contributed by atoms with Gasteiger partial charge in [-0.2, -0.15) is 0 Å². The number of hydrogen-bond donors (Lipinski definition) is 2. The molecule has 1 aromatic heterocycles. The van der Waals surface area contributed by atoms with Gasteiger partial charge in [0.05, 0.1) is 23.6 Å². The summed E-state index contributed by atoms with van der Waals surface area (Å²) in [5.74, 6) is -0.155. The summed E-state index contributed by atoms with van der Waals surface area (Å²) in [6.45, 7) is 8.16. The number of carbonyl (C=O) groups is 2. The number of benzene rings is 1. The second-order valence-electron chi connectivity index (χ2n) is 7.75. The molecule has 8 heteroatoms. The van der Waals surface area contributed by atoms with E-state index >= 15 is 0 Å². The molecule has 2 atom stereocenters. The minimum absolute atomic E-state index is 0.0310. The van der Waals surface area contributed by atoms with Crippen molar-refractivity contribution in [3.63, 3.8) is 0 Å². The Labute approximate surface area is 194 Å². The maximum Gasteiger partial charge on any atom is 0.341 e. The van der Waals surface area contributed by atoms with Crippen LogP contribution in [-0.4, -0.2) is 43.1 Å². The highest BCUT2D eigenvalue weighted by Gasteiger charge is 2.26. The molecule has 1 aromatic carbocycles. The van der Waals surface area contributed by atoms with Gasteiger partial charge in [-0.1, -0.05) is 38.1 Å². The molecule has 168 valence electrons. The Morgan fingerprint density at radius 3 is 2.26 bits per heavy atom. The number of carbonyl (C=O) groups excluding carboxylic acids is 2. The number of thiophene rings is 1. The minimum atomic E-state index is -0.509. The summed E-state index contributed by atoms with van der Waals surface area (Å²) in [4.78, 5) is 26.8. The molecule has 6 nitrogen and oxygen atoms in total. The fraction of sp³-hybridized carbons (Fsp3) is 0.435. The zero-order chi connectivity index (χ0) is 23.3. The molecular weight excluding hydrogens is 430 g/mol. The number of ether oxygens (including phenoxy) is 1. The van der Waals surface area contributed by atoms with Crippen molar-refractivity contribution in [2.24, 2.45) is 0 Å². The minimum Gasteiger partial charge on any atom is -0.465 e. The standard InChI is InChI=1S/C23H31N3O3S2/c1-8-13(2)16-9-11-17(12-10-16)15(4)24-23(30)25-20-18(22(28)29-7)14(3)19(31-20)21(27)26(5)6/h9-13,15H,8H2,1-7H3,(H2,24,25,30). The van der Waals surface area contributed by atoms with Crippen molar-refractivity contribution in [1.82, 2.24) is 10.2 Å². The summed E-state index contributed by atoms with van der Waals surface area (Å²) in [5, 5.41) is 7.20. The van der Waals surface area contributed by atoms with Crippen LogP contribution >= 0.6 is 23.6 Å². The Morgan fingerprint density at radius 2 is 1.74 bits per heavy atom. The van der Waals surface area contributed by atoms with Gasteiger partial charge in [-0.25, -0.2) is 4.79 Å². The van der Waals surface area contributed by atoms with Crippen molar-refractivity contribution in [2.75, 3.05) is 26.5 Å². The first kappa shape index (κ1) is 24.8. The lowest BCUT2D eigenvalue weighted by atomic mass is 9.96. The third-order valence-electron chi connectivity index (χ3n) is 5.33. The van der Waals surface area contributed by atoms with Crippen molar-refractivity contribution < 1.29 is 14.3 Å². The molecule has 2 unspecified atom stereocenters. The van der Waals surface area contributed by atoms with Crippen LogP contribution in [0.2, 0.25) is 0 Å². The maximum absolute atomic E-state index is 12.5. The SMILES string of the molecule is CCC(C)c1ccc(C(C)NC(=S)Nc2sc(C(=O)N(C)C)c(C)c2C(=O)OC)cc1. The average Bonchev–Trinajstić information content (AvgIpc) is 3.07. The smallest absolute Gasteiger partial charge is 0.341 e. The van der Waals surface area contributed by atoms with Crippen molar-refractivity contribution in [2.45, 2.75) is 46.1 Å². The number of nitrogens with zero attached hydrogens (tertiary/aromatic N) is 1. The molecule has 0 aliphatic carbocycles. The molecule has 0 radical (unpaired) electrons. The van der Waals surface area contributed by atoms with Crippen molar-refractivity contribution in [1.29, 1.82) is 0 Å². The van der Waals surface area contributed by atoms with Crippen molar-refractivity contribution in [3.8, 4) is 0 Å². The van der Waals surface area contributed by atoms with Crippen LogP contribution in [0.3, 0.4) is 0 Å². The number of rotatable bonds is 7. The zero-order valence-corrected chi connectivity index (χ0v) is 20.8. The van der Waals surface area contributed by atoms with Gasteiger partial charge in [0.25, 0.3) is 5.91 Å². The highest BCUT2D eigenvalue weighted by molar-refractivity contribution is 7.80. The van der Waals surface area contributed by atoms with E-state index in [2.05, 4.69) is 48.7 Å². The Hall–Kier alpha value is -2.45. The van der Waals surface area contributed by atoms with Gasteiger partial charge in [-0.15, -0.1) is 11.3 Å². The topological polar surface area (TPSA) is 70.7 Å². The molecule has 0 saturated heterocycles. The van der Waals surface area contributed by atoms with Crippen molar-refractivity contribution >= 4 is 45.5 Å². The van der Waals surface area contributed by atoms with E-state index in [0.717, 1.165) is 12.0 Å². The Kier molecular flexibility index (Phi) is 8.59. The van der Waals surface area contributed by atoms with Gasteiger partial charge >= 0.3 is 5.97 Å². The molecule has 1 amide bonds. The van der Waals surface area contributed by atoms with Gasteiger partial charge in [-0.05, 0) is 55.1 Å². The number of nitrogens with one attached hydrogen (secondary N) is 2. The van der Waals surface area contributed by atoms with Crippen LogP contribution in [0.25, 0.3) is 0 Å². The molecule has 1 heterocycles. The van der Waals surface area contributed by atoms with E-state index in [4.69, 9.17) is 17.0 Å². The molecule has 0 fully saturated rings. The van der Waals surface area contributed by atoms with Crippen LogP contribution in [0.4, 0.5) is 5.00 Å². The molecule has 2 aromatic rings. The van der Waals surface area contributed by atoms with E-state index in [1.807, 2.05) is 6.92 Å². The van der Waals surface area contributed by atoms with Crippen LogP contribution in [0.5, 0.6) is 0 Å². The first-order chi connectivity index (χ1) is 14.6. The molecule has 0 aliphatic heterocycles. The highest BCUT2D eigenvalue weighted by Crippen LogP contribution is 2.34.